The monoisotopic (exact) mass is 312 g/mol. The first-order chi connectivity index (χ1) is 11.2. The second kappa shape index (κ2) is 4.91. The molecule has 2 heterocycles. The number of hydrogen-bond acceptors (Lipinski definition) is 2. The lowest BCUT2D eigenvalue weighted by Crippen LogP contribution is -2.28. The first-order valence-electron chi connectivity index (χ1n) is 8.71. The number of halogens is 1. The Hall–Kier alpha value is -1.68. The Bertz CT molecular complexity index is 756. The predicted molar refractivity (Wildman–Crippen MR) is 85.3 cm³/mol. The minimum atomic E-state index is -0.351. The van der Waals surface area contributed by atoms with Gasteiger partial charge in [-0.1, -0.05) is 18.6 Å². The van der Waals surface area contributed by atoms with Crippen LogP contribution in [0.5, 0.6) is 0 Å². The van der Waals surface area contributed by atoms with E-state index in [2.05, 4.69) is 4.98 Å². The Labute approximate surface area is 135 Å². The Morgan fingerprint density at radius 1 is 1.30 bits per heavy atom. The average Bonchev–Trinajstić information content (AvgIpc) is 3.29. The van der Waals surface area contributed by atoms with Gasteiger partial charge in [-0.3, -0.25) is 0 Å². The summed E-state index contributed by atoms with van der Waals surface area (Å²) in [6.07, 6.45) is 8.84. The van der Waals surface area contributed by atoms with Crippen LogP contribution in [0.1, 0.15) is 43.7 Å². The summed E-state index contributed by atoms with van der Waals surface area (Å²) in [5.74, 6) is 1.72. The maximum Gasteiger partial charge on any atom is 0.129 e. The van der Waals surface area contributed by atoms with E-state index >= 15 is 0 Å². The number of nitrogens with zero attached hydrogens (tertiary/aromatic N) is 2. The van der Waals surface area contributed by atoms with Crippen molar-refractivity contribution in [1.29, 1.82) is 0 Å². The molecule has 1 aromatic heterocycles. The molecule has 1 N–H and O–H groups in total. The molecule has 5 unspecified atom stereocenters. The quantitative estimate of drug-likeness (QED) is 0.936. The molecule has 1 aliphatic heterocycles. The smallest absolute Gasteiger partial charge is 0.129 e. The van der Waals surface area contributed by atoms with Gasteiger partial charge in [-0.2, -0.15) is 0 Å². The third-order valence-corrected chi connectivity index (χ3v) is 6.42. The molecule has 0 spiro atoms. The maximum atomic E-state index is 14.4. The van der Waals surface area contributed by atoms with Gasteiger partial charge in [0.1, 0.15) is 5.82 Å². The molecule has 0 saturated heterocycles. The largest absolute Gasteiger partial charge is 0.393 e. The van der Waals surface area contributed by atoms with Crippen LogP contribution in [0, 0.1) is 23.6 Å². The lowest BCUT2D eigenvalue weighted by Gasteiger charge is -2.29. The van der Waals surface area contributed by atoms with Gasteiger partial charge in [0.05, 0.1) is 30.4 Å². The van der Waals surface area contributed by atoms with Crippen LogP contribution < -0.4 is 0 Å². The van der Waals surface area contributed by atoms with Gasteiger partial charge in [0, 0.05) is 11.1 Å². The minimum absolute atomic E-state index is 0.127. The molecule has 1 aromatic carbocycles. The summed E-state index contributed by atoms with van der Waals surface area (Å²) in [7, 11) is 0. The highest BCUT2D eigenvalue weighted by Gasteiger charge is 2.44. The van der Waals surface area contributed by atoms with Gasteiger partial charge in [0.15, 0.2) is 0 Å². The van der Waals surface area contributed by atoms with Gasteiger partial charge in [-0.15, -0.1) is 0 Å². The van der Waals surface area contributed by atoms with Crippen molar-refractivity contribution in [2.45, 2.75) is 44.2 Å². The van der Waals surface area contributed by atoms with Crippen LogP contribution in [0.25, 0.3) is 11.3 Å². The van der Waals surface area contributed by atoms with E-state index in [0.717, 1.165) is 29.2 Å². The summed E-state index contributed by atoms with van der Waals surface area (Å²) < 4.78 is 16.5. The molecule has 5 rings (SSSR count). The number of hydrogen-bond donors (Lipinski definition) is 1. The molecule has 2 fully saturated rings. The summed E-state index contributed by atoms with van der Waals surface area (Å²) in [6, 6.07) is 5.10. The summed E-state index contributed by atoms with van der Waals surface area (Å²) >= 11 is 0. The normalized spacial score (nSPS) is 32.1. The highest BCUT2D eigenvalue weighted by Crippen LogP contribution is 2.51. The van der Waals surface area contributed by atoms with Crippen LogP contribution >= 0.6 is 0 Å². The van der Waals surface area contributed by atoms with E-state index < -0.39 is 0 Å². The number of fused-ring (bicyclic) bond motifs is 5. The van der Waals surface area contributed by atoms with E-state index in [1.54, 1.807) is 18.6 Å². The molecule has 2 bridgehead atoms. The summed E-state index contributed by atoms with van der Waals surface area (Å²) in [4.78, 5) is 4.22. The first-order valence-corrected chi connectivity index (χ1v) is 8.71. The fraction of sp³-hybridized carbons (Fsp3) is 0.526. The van der Waals surface area contributed by atoms with E-state index in [1.807, 2.05) is 10.6 Å². The van der Waals surface area contributed by atoms with E-state index in [-0.39, 0.29) is 18.0 Å². The number of rotatable bonds is 3. The second-order valence-electron chi connectivity index (χ2n) is 7.54. The number of aromatic nitrogens is 2. The molecule has 2 aromatic rings. The minimum Gasteiger partial charge on any atom is -0.393 e. The van der Waals surface area contributed by atoms with Gasteiger partial charge in [0.25, 0.3) is 0 Å². The van der Waals surface area contributed by atoms with Crippen LogP contribution in [0.4, 0.5) is 4.39 Å². The van der Waals surface area contributed by atoms with Crippen LogP contribution in [-0.2, 0) is 0 Å². The molecule has 0 radical (unpaired) electrons. The highest BCUT2D eigenvalue weighted by atomic mass is 19.1. The molecule has 3 nitrogen and oxygen atoms in total. The predicted octanol–water partition coefficient (Wildman–Crippen LogP) is 3.78. The fourth-order valence-electron chi connectivity index (χ4n) is 5.40. The van der Waals surface area contributed by atoms with Crippen molar-refractivity contribution < 1.29 is 9.50 Å². The summed E-state index contributed by atoms with van der Waals surface area (Å²) in [5, 5.41) is 10.9. The molecular formula is C19H21FN2O. The molecule has 4 heteroatoms. The average molecular weight is 312 g/mol. The third-order valence-electron chi connectivity index (χ3n) is 6.42. The van der Waals surface area contributed by atoms with Crippen molar-refractivity contribution in [2.24, 2.45) is 17.8 Å². The van der Waals surface area contributed by atoms with Crippen molar-refractivity contribution in [3.8, 4) is 11.3 Å². The van der Waals surface area contributed by atoms with Crippen LogP contribution in [0.15, 0.2) is 30.7 Å². The van der Waals surface area contributed by atoms with Crippen LogP contribution in [-0.4, -0.2) is 20.8 Å². The Morgan fingerprint density at radius 2 is 2.22 bits per heavy atom. The standard InChI is InChI=1S/C19H21FN2O/c20-15-3-1-2-13-17-9-21-10-22(17)16(19(13)15)8-18(23)14-7-11-4-5-12(14)6-11/h1-3,9-12,14,16,18,23H,4-8H2. The lowest BCUT2D eigenvalue weighted by molar-refractivity contribution is 0.0591. The zero-order valence-corrected chi connectivity index (χ0v) is 13.0. The van der Waals surface area contributed by atoms with Crippen LogP contribution in [0.3, 0.4) is 0 Å². The zero-order chi connectivity index (χ0) is 15.6. The van der Waals surface area contributed by atoms with E-state index in [9.17, 15) is 9.50 Å². The Kier molecular flexibility index (Phi) is 2.93. The van der Waals surface area contributed by atoms with Gasteiger partial charge in [-0.25, -0.2) is 9.37 Å². The SMILES string of the molecule is OC(CC1c2c(F)cccc2-c2cncn21)C1CC2CCC1C2. The molecule has 2 saturated carbocycles. The van der Waals surface area contributed by atoms with Gasteiger partial charge in [-0.05, 0) is 49.5 Å². The van der Waals surface area contributed by atoms with E-state index in [4.69, 9.17) is 0 Å². The molecule has 120 valence electrons. The number of benzene rings is 1. The molecule has 3 aliphatic rings. The summed E-state index contributed by atoms with van der Waals surface area (Å²) in [5.41, 5.74) is 2.62. The topological polar surface area (TPSA) is 38.1 Å². The third kappa shape index (κ3) is 1.94. The van der Waals surface area contributed by atoms with Crippen molar-refractivity contribution >= 4 is 0 Å². The van der Waals surface area contributed by atoms with Crippen molar-refractivity contribution in [1.82, 2.24) is 9.55 Å². The van der Waals surface area contributed by atoms with Crippen LogP contribution in [0.2, 0.25) is 0 Å². The van der Waals surface area contributed by atoms with Crippen molar-refractivity contribution in [3.63, 3.8) is 0 Å². The van der Waals surface area contributed by atoms with Gasteiger partial charge in [0.2, 0.25) is 0 Å². The fourth-order valence-corrected chi connectivity index (χ4v) is 5.40. The van der Waals surface area contributed by atoms with Crippen molar-refractivity contribution in [3.05, 3.63) is 42.1 Å². The number of aliphatic hydroxyl groups is 1. The second-order valence-corrected chi connectivity index (χ2v) is 7.54. The summed E-state index contributed by atoms with van der Waals surface area (Å²) in [6.45, 7) is 0. The molecule has 0 amide bonds. The highest BCUT2D eigenvalue weighted by molar-refractivity contribution is 5.69. The first kappa shape index (κ1) is 13.7. The number of aliphatic hydroxyl groups excluding tert-OH is 1. The maximum absolute atomic E-state index is 14.4. The van der Waals surface area contributed by atoms with E-state index in [0.29, 0.717) is 18.3 Å². The Balaban J connectivity index is 1.47. The lowest BCUT2D eigenvalue weighted by atomic mass is 9.82. The molecule has 2 aliphatic carbocycles. The van der Waals surface area contributed by atoms with Gasteiger partial charge >= 0.3 is 0 Å². The number of imidazole rings is 1. The molecular weight excluding hydrogens is 291 g/mol. The van der Waals surface area contributed by atoms with Gasteiger partial charge < -0.3 is 9.67 Å². The van der Waals surface area contributed by atoms with E-state index in [1.165, 1.54) is 25.3 Å². The Morgan fingerprint density at radius 3 is 3.00 bits per heavy atom. The molecule has 23 heavy (non-hydrogen) atoms. The molecule has 5 atom stereocenters. The van der Waals surface area contributed by atoms with Crippen molar-refractivity contribution in [2.75, 3.05) is 0 Å². The zero-order valence-electron chi connectivity index (χ0n) is 13.0.